The van der Waals surface area contributed by atoms with E-state index in [1.807, 2.05) is 49.4 Å². The van der Waals surface area contributed by atoms with E-state index in [4.69, 9.17) is 9.26 Å². The summed E-state index contributed by atoms with van der Waals surface area (Å²) in [6.07, 6.45) is 1.06. The van der Waals surface area contributed by atoms with Gasteiger partial charge in [-0.05, 0) is 48.9 Å². The Balaban J connectivity index is 1.54. The van der Waals surface area contributed by atoms with Crippen molar-refractivity contribution in [1.29, 1.82) is 0 Å². The molecule has 1 atom stereocenters. The first-order chi connectivity index (χ1) is 12.1. The van der Waals surface area contributed by atoms with Crippen LogP contribution in [0, 0.1) is 0 Å². The Kier molecular flexibility index (Phi) is 4.05. The van der Waals surface area contributed by atoms with Crippen LogP contribution in [0.1, 0.15) is 23.0 Å². The van der Waals surface area contributed by atoms with E-state index in [9.17, 15) is 4.79 Å². The topological polar surface area (TPSA) is 64.4 Å². The molecule has 1 amide bonds. The number of anilines is 1. The van der Waals surface area contributed by atoms with E-state index in [0.717, 1.165) is 27.8 Å². The molecule has 1 N–H and O–H groups in total. The molecule has 2 aromatic carbocycles. The highest BCUT2D eigenvalue weighted by molar-refractivity contribution is 9.10. The standard InChI is InChI=1S/C19H15BrN2O3/c1-11-7-13-8-12(5-6-17(13)24-11)18-10-16(22-25-18)19(23)21-15-4-2-3-14(20)9-15/h2-6,8-11H,7H2,1H3,(H,21,23)/t11-/m0/s1. The predicted molar refractivity (Wildman–Crippen MR) is 97.8 cm³/mol. The Morgan fingerprint density at radius 1 is 1.24 bits per heavy atom. The molecule has 126 valence electrons. The zero-order valence-electron chi connectivity index (χ0n) is 13.5. The molecular formula is C19H15BrN2O3. The highest BCUT2D eigenvalue weighted by atomic mass is 79.9. The van der Waals surface area contributed by atoms with Gasteiger partial charge < -0.3 is 14.6 Å². The molecule has 0 radical (unpaired) electrons. The van der Waals surface area contributed by atoms with Gasteiger partial charge in [-0.2, -0.15) is 0 Å². The Morgan fingerprint density at radius 2 is 2.12 bits per heavy atom. The third-order valence-electron chi connectivity index (χ3n) is 4.01. The average Bonchev–Trinajstić information content (AvgIpc) is 3.19. The van der Waals surface area contributed by atoms with Crippen LogP contribution in [0.4, 0.5) is 5.69 Å². The maximum Gasteiger partial charge on any atom is 0.277 e. The van der Waals surface area contributed by atoms with Crippen molar-refractivity contribution < 1.29 is 14.1 Å². The highest BCUT2D eigenvalue weighted by Crippen LogP contribution is 2.33. The van der Waals surface area contributed by atoms with Crippen molar-refractivity contribution in [2.75, 3.05) is 5.32 Å². The van der Waals surface area contributed by atoms with E-state index in [0.29, 0.717) is 11.4 Å². The number of carbonyl (C=O) groups excluding carboxylic acids is 1. The van der Waals surface area contributed by atoms with Crippen molar-refractivity contribution >= 4 is 27.5 Å². The summed E-state index contributed by atoms with van der Waals surface area (Å²) in [6, 6.07) is 14.9. The van der Waals surface area contributed by atoms with Crippen LogP contribution in [0.3, 0.4) is 0 Å². The van der Waals surface area contributed by atoms with Crippen LogP contribution in [-0.2, 0) is 6.42 Å². The van der Waals surface area contributed by atoms with Crippen LogP contribution in [0.15, 0.2) is 57.5 Å². The number of carbonyl (C=O) groups is 1. The van der Waals surface area contributed by atoms with Crippen molar-refractivity contribution in [2.24, 2.45) is 0 Å². The Labute approximate surface area is 153 Å². The van der Waals surface area contributed by atoms with Crippen LogP contribution in [0.2, 0.25) is 0 Å². The van der Waals surface area contributed by atoms with Gasteiger partial charge in [0.1, 0.15) is 11.9 Å². The van der Waals surface area contributed by atoms with Crippen molar-refractivity contribution in [1.82, 2.24) is 5.16 Å². The summed E-state index contributed by atoms with van der Waals surface area (Å²) >= 11 is 3.38. The number of amides is 1. The summed E-state index contributed by atoms with van der Waals surface area (Å²) in [5, 5.41) is 6.69. The molecule has 0 saturated carbocycles. The lowest BCUT2D eigenvalue weighted by molar-refractivity contribution is 0.101. The molecule has 0 spiro atoms. The molecule has 1 aromatic heterocycles. The largest absolute Gasteiger partial charge is 0.490 e. The molecule has 5 nitrogen and oxygen atoms in total. The molecule has 0 aliphatic carbocycles. The molecule has 0 unspecified atom stereocenters. The summed E-state index contributed by atoms with van der Waals surface area (Å²) in [7, 11) is 0. The van der Waals surface area contributed by atoms with Crippen LogP contribution < -0.4 is 10.1 Å². The van der Waals surface area contributed by atoms with Gasteiger partial charge in [0.2, 0.25) is 0 Å². The fourth-order valence-corrected chi connectivity index (χ4v) is 3.25. The number of hydrogen-bond donors (Lipinski definition) is 1. The summed E-state index contributed by atoms with van der Waals surface area (Å²) in [5.74, 6) is 1.15. The second-order valence-electron chi connectivity index (χ2n) is 6.00. The van der Waals surface area contributed by atoms with Crippen molar-refractivity contribution in [3.05, 3.63) is 64.3 Å². The minimum atomic E-state index is -0.314. The first-order valence-corrected chi connectivity index (χ1v) is 8.71. The summed E-state index contributed by atoms with van der Waals surface area (Å²) < 4.78 is 12.0. The minimum absolute atomic E-state index is 0.187. The number of aromatic nitrogens is 1. The summed E-state index contributed by atoms with van der Waals surface area (Å²) in [4.78, 5) is 12.3. The molecule has 0 bridgehead atoms. The zero-order valence-corrected chi connectivity index (χ0v) is 15.0. The lowest BCUT2D eigenvalue weighted by atomic mass is 10.1. The van der Waals surface area contributed by atoms with E-state index in [1.165, 1.54) is 0 Å². The van der Waals surface area contributed by atoms with Gasteiger partial charge >= 0.3 is 0 Å². The molecule has 2 heterocycles. The summed E-state index contributed by atoms with van der Waals surface area (Å²) in [6.45, 7) is 2.04. The van der Waals surface area contributed by atoms with Gasteiger partial charge in [0.25, 0.3) is 5.91 Å². The number of rotatable bonds is 3. The number of nitrogens with one attached hydrogen (secondary N) is 1. The zero-order chi connectivity index (χ0) is 17.4. The van der Waals surface area contributed by atoms with E-state index < -0.39 is 0 Å². The van der Waals surface area contributed by atoms with Gasteiger partial charge in [0.05, 0.1) is 0 Å². The van der Waals surface area contributed by atoms with Crippen LogP contribution in [0.25, 0.3) is 11.3 Å². The lowest BCUT2D eigenvalue weighted by Gasteiger charge is -2.02. The van der Waals surface area contributed by atoms with E-state index >= 15 is 0 Å². The Bertz CT molecular complexity index is 951. The quantitative estimate of drug-likeness (QED) is 0.695. The first kappa shape index (κ1) is 15.9. The highest BCUT2D eigenvalue weighted by Gasteiger charge is 2.21. The fraction of sp³-hybridized carbons (Fsp3) is 0.158. The van der Waals surface area contributed by atoms with Crippen molar-refractivity contribution in [3.63, 3.8) is 0 Å². The van der Waals surface area contributed by atoms with E-state index in [1.54, 1.807) is 6.07 Å². The lowest BCUT2D eigenvalue weighted by Crippen LogP contribution is -2.11. The number of fused-ring (bicyclic) bond motifs is 1. The second-order valence-corrected chi connectivity index (χ2v) is 6.91. The molecule has 0 saturated heterocycles. The van der Waals surface area contributed by atoms with E-state index in [-0.39, 0.29) is 17.7 Å². The predicted octanol–water partition coefficient (Wildman–Crippen LogP) is 4.68. The Hall–Kier alpha value is -2.60. The number of ether oxygens (including phenoxy) is 1. The van der Waals surface area contributed by atoms with Crippen LogP contribution >= 0.6 is 15.9 Å². The molecule has 1 aliphatic heterocycles. The van der Waals surface area contributed by atoms with Crippen molar-refractivity contribution in [2.45, 2.75) is 19.4 Å². The number of nitrogens with zero attached hydrogens (tertiary/aromatic N) is 1. The molecule has 25 heavy (non-hydrogen) atoms. The first-order valence-electron chi connectivity index (χ1n) is 7.92. The van der Waals surface area contributed by atoms with E-state index in [2.05, 4.69) is 26.4 Å². The van der Waals surface area contributed by atoms with Crippen LogP contribution in [-0.4, -0.2) is 17.2 Å². The van der Waals surface area contributed by atoms with Crippen molar-refractivity contribution in [3.8, 4) is 17.1 Å². The molecule has 1 aliphatic rings. The molecule has 0 fully saturated rings. The molecule has 6 heteroatoms. The van der Waals surface area contributed by atoms with Gasteiger partial charge in [-0.25, -0.2) is 0 Å². The maximum absolute atomic E-state index is 12.3. The maximum atomic E-state index is 12.3. The monoisotopic (exact) mass is 398 g/mol. The average molecular weight is 399 g/mol. The Morgan fingerprint density at radius 3 is 2.96 bits per heavy atom. The molecular weight excluding hydrogens is 384 g/mol. The third kappa shape index (κ3) is 3.30. The second kappa shape index (κ2) is 6.37. The molecule has 3 aromatic rings. The third-order valence-corrected chi connectivity index (χ3v) is 4.50. The normalized spacial score (nSPS) is 15.5. The summed E-state index contributed by atoms with van der Waals surface area (Å²) in [5.41, 5.74) is 2.94. The number of halogens is 1. The SMILES string of the molecule is C[C@H]1Cc2cc(-c3cc(C(=O)Nc4cccc(Br)c4)no3)ccc2O1. The van der Waals surface area contributed by atoms with Gasteiger partial charge in [0, 0.05) is 28.2 Å². The minimum Gasteiger partial charge on any atom is -0.490 e. The van der Waals surface area contributed by atoms with Gasteiger partial charge in [0.15, 0.2) is 11.5 Å². The van der Waals surface area contributed by atoms with Crippen LogP contribution in [0.5, 0.6) is 5.75 Å². The fourth-order valence-electron chi connectivity index (χ4n) is 2.85. The molecule has 4 rings (SSSR count). The smallest absolute Gasteiger partial charge is 0.277 e. The number of hydrogen-bond acceptors (Lipinski definition) is 4. The van der Waals surface area contributed by atoms with Gasteiger partial charge in [-0.1, -0.05) is 27.2 Å². The van der Waals surface area contributed by atoms with Gasteiger partial charge in [-0.3, -0.25) is 4.79 Å². The van der Waals surface area contributed by atoms with Gasteiger partial charge in [-0.15, -0.1) is 0 Å². The number of benzene rings is 2.